The largest absolute Gasteiger partial charge is 0.249 e. The quantitative estimate of drug-likeness (QED) is 0.591. The minimum Gasteiger partial charge on any atom is -0.249 e. The minimum absolute atomic E-state index is 0.953. The number of aryl methyl sites for hydroxylation is 1. The molecule has 0 radical (unpaired) electrons. The number of hydrogen-bond acceptors (Lipinski definition) is 1. The standard InChI is InChI=1S/C7H7Br2N/c8-4-3-6-2-1-5-10-7(6)9/h1-2,5H,3-4H2. The van der Waals surface area contributed by atoms with Gasteiger partial charge in [0.25, 0.3) is 0 Å². The average molecular weight is 265 g/mol. The van der Waals surface area contributed by atoms with Crippen LogP contribution in [0.3, 0.4) is 0 Å². The van der Waals surface area contributed by atoms with Gasteiger partial charge in [-0.3, -0.25) is 0 Å². The van der Waals surface area contributed by atoms with E-state index in [2.05, 4.69) is 42.9 Å². The molecule has 0 bridgehead atoms. The molecular weight excluding hydrogens is 258 g/mol. The van der Waals surface area contributed by atoms with Crippen molar-refractivity contribution in [1.82, 2.24) is 4.98 Å². The van der Waals surface area contributed by atoms with Gasteiger partial charge >= 0.3 is 0 Å². The van der Waals surface area contributed by atoms with Gasteiger partial charge in [-0.2, -0.15) is 0 Å². The van der Waals surface area contributed by atoms with Crippen LogP contribution in [0, 0.1) is 0 Å². The van der Waals surface area contributed by atoms with Crippen molar-refractivity contribution in [3.8, 4) is 0 Å². The van der Waals surface area contributed by atoms with Crippen LogP contribution in [0.25, 0.3) is 0 Å². The second kappa shape index (κ2) is 4.09. The first kappa shape index (κ1) is 8.21. The summed E-state index contributed by atoms with van der Waals surface area (Å²) in [6.45, 7) is 0. The molecule has 0 aromatic carbocycles. The Hall–Kier alpha value is 0.110. The van der Waals surface area contributed by atoms with E-state index in [1.807, 2.05) is 6.07 Å². The van der Waals surface area contributed by atoms with Crippen molar-refractivity contribution in [2.45, 2.75) is 6.42 Å². The Morgan fingerprint density at radius 2 is 2.30 bits per heavy atom. The van der Waals surface area contributed by atoms with Crippen molar-refractivity contribution in [3.05, 3.63) is 28.5 Å². The lowest BCUT2D eigenvalue weighted by molar-refractivity contribution is 1.10. The van der Waals surface area contributed by atoms with E-state index in [9.17, 15) is 0 Å². The van der Waals surface area contributed by atoms with Crippen LogP contribution in [0.4, 0.5) is 0 Å². The lowest BCUT2D eigenvalue weighted by atomic mass is 10.2. The summed E-state index contributed by atoms with van der Waals surface area (Å²) < 4.78 is 0.953. The zero-order valence-corrected chi connectivity index (χ0v) is 8.52. The number of hydrogen-bond donors (Lipinski definition) is 0. The molecule has 0 spiro atoms. The molecule has 0 fully saturated rings. The fourth-order valence-electron chi connectivity index (χ4n) is 0.708. The zero-order chi connectivity index (χ0) is 7.40. The molecule has 10 heavy (non-hydrogen) atoms. The second-order valence-corrected chi connectivity index (χ2v) is 3.44. The summed E-state index contributed by atoms with van der Waals surface area (Å²) >= 11 is 6.74. The van der Waals surface area contributed by atoms with Crippen molar-refractivity contribution >= 4 is 31.9 Å². The molecule has 0 unspecified atom stereocenters. The van der Waals surface area contributed by atoms with E-state index < -0.39 is 0 Å². The smallest absolute Gasteiger partial charge is 0.109 e. The molecule has 0 N–H and O–H groups in total. The van der Waals surface area contributed by atoms with E-state index in [1.165, 1.54) is 5.56 Å². The van der Waals surface area contributed by atoms with Crippen LogP contribution in [0.2, 0.25) is 0 Å². The van der Waals surface area contributed by atoms with Crippen LogP contribution in [0.1, 0.15) is 5.56 Å². The normalized spacial score (nSPS) is 9.80. The third kappa shape index (κ3) is 2.06. The molecule has 0 aliphatic carbocycles. The molecular formula is C7H7Br2N. The summed E-state index contributed by atoms with van der Waals surface area (Å²) in [7, 11) is 0. The van der Waals surface area contributed by atoms with Gasteiger partial charge in [0, 0.05) is 11.5 Å². The van der Waals surface area contributed by atoms with E-state index in [0.717, 1.165) is 16.4 Å². The number of nitrogens with zero attached hydrogens (tertiary/aromatic N) is 1. The fraction of sp³-hybridized carbons (Fsp3) is 0.286. The Kier molecular flexibility index (Phi) is 3.35. The summed E-state index contributed by atoms with van der Waals surface area (Å²) in [4.78, 5) is 4.09. The van der Waals surface area contributed by atoms with Gasteiger partial charge in [0.05, 0.1) is 0 Å². The Labute approximate surface area is 77.1 Å². The molecule has 0 amide bonds. The molecule has 0 saturated carbocycles. The molecule has 0 saturated heterocycles. The van der Waals surface area contributed by atoms with Crippen LogP contribution < -0.4 is 0 Å². The van der Waals surface area contributed by atoms with Crippen molar-refractivity contribution in [1.29, 1.82) is 0 Å². The van der Waals surface area contributed by atoms with Crippen molar-refractivity contribution in [2.75, 3.05) is 5.33 Å². The SMILES string of the molecule is BrCCc1cccnc1Br. The molecule has 1 heterocycles. The molecule has 1 aromatic heterocycles. The predicted molar refractivity (Wildman–Crippen MR) is 49.4 cm³/mol. The molecule has 0 aliphatic heterocycles. The number of pyridine rings is 1. The molecule has 0 atom stereocenters. The van der Waals surface area contributed by atoms with Gasteiger partial charge in [0.2, 0.25) is 0 Å². The van der Waals surface area contributed by atoms with Gasteiger partial charge in [-0.1, -0.05) is 22.0 Å². The Balaban J connectivity index is 2.81. The molecule has 1 rings (SSSR count). The van der Waals surface area contributed by atoms with E-state index in [0.29, 0.717) is 0 Å². The summed E-state index contributed by atoms with van der Waals surface area (Å²) in [5.41, 5.74) is 1.25. The van der Waals surface area contributed by atoms with Crippen LogP contribution >= 0.6 is 31.9 Å². The first-order valence-electron chi connectivity index (χ1n) is 3.00. The monoisotopic (exact) mass is 263 g/mol. The van der Waals surface area contributed by atoms with Crippen LogP contribution in [0.15, 0.2) is 22.9 Å². The maximum atomic E-state index is 4.09. The van der Waals surface area contributed by atoms with Crippen LogP contribution in [0.5, 0.6) is 0 Å². The van der Waals surface area contributed by atoms with E-state index in [-0.39, 0.29) is 0 Å². The number of alkyl halides is 1. The first-order valence-corrected chi connectivity index (χ1v) is 4.91. The van der Waals surface area contributed by atoms with Gasteiger partial charge in [-0.25, -0.2) is 4.98 Å². The molecule has 1 nitrogen and oxygen atoms in total. The summed E-state index contributed by atoms with van der Waals surface area (Å²) in [5.74, 6) is 0. The minimum atomic E-state index is 0.953. The fourth-order valence-corrected chi connectivity index (χ4v) is 1.58. The topological polar surface area (TPSA) is 12.9 Å². The highest BCUT2D eigenvalue weighted by atomic mass is 79.9. The Morgan fingerprint density at radius 3 is 2.90 bits per heavy atom. The summed E-state index contributed by atoms with van der Waals surface area (Å²) in [6, 6.07) is 4.01. The molecule has 1 aromatic rings. The van der Waals surface area contributed by atoms with Gasteiger partial charge in [0.15, 0.2) is 0 Å². The maximum Gasteiger partial charge on any atom is 0.109 e. The van der Waals surface area contributed by atoms with E-state index in [4.69, 9.17) is 0 Å². The highest BCUT2D eigenvalue weighted by molar-refractivity contribution is 9.10. The molecule has 3 heteroatoms. The zero-order valence-electron chi connectivity index (χ0n) is 5.35. The Morgan fingerprint density at radius 1 is 1.50 bits per heavy atom. The van der Waals surface area contributed by atoms with Gasteiger partial charge in [-0.15, -0.1) is 0 Å². The predicted octanol–water partition coefficient (Wildman–Crippen LogP) is 2.78. The lowest BCUT2D eigenvalue weighted by Crippen LogP contribution is -1.88. The number of aromatic nitrogens is 1. The van der Waals surface area contributed by atoms with E-state index in [1.54, 1.807) is 6.20 Å². The third-order valence-electron chi connectivity index (χ3n) is 1.20. The molecule has 0 aliphatic rings. The van der Waals surface area contributed by atoms with Gasteiger partial charge < -0.3 is 0 Å². The van der Waals surface area contributed by atoms with Gasteiger partial charge in [-0.05, 0) is 34.0 Å². The van der Waals surface area contributed by atoms with Crippen LogP contribution in [-0.2, 0) is 6.42 Å². The molecule has 54 valence electrons. The second-order valence-electron chi connectivity index (χ2n) is 1.89. The average Bonchev–Trinajstić information content (AvgIpc) is 1.94. The maximum absolute atomic E-state index is 4.09. The number of halogens is 2. The van der Waals surface area contributed by atoms with Crippen LogP contribution in [-0.4, -0.2) is 10.3 Å². The van der Waals surface area contributed by atoms with Crippen molar-refractivity contribution < 1.29 is 0 Å². The summed E-state index contributed by atoms with van der Waals surface area (Å²) in [5, 5.41) is 0.983. The Bertz CT molecular complexity index is 213. The van der Waals surface area contributed by atoms with Gasteiger partial charge in [0.1, 0.15) is 4.60 Å². The lowest BCUT2D eigenvalue weighted by Gasteiger charge is -1.97. The van der Waals surface area contributed by atoms with E-state index >= 15 is 0 Å². The van der Waals surface area contributed by atoms with Crippen molar-refractivity contribution in [3.63, 3.8) is 0 Å². The highest BCUT2D eigenvalue weighted by Gasteiger charge is 1.96. The highest BCUT2D eigenvalue weighted by Crippen LogP contribution is 2.13. The van der Waals surface area contributed by atoms with Crippen molar-refractivity contribution in [2.24, 2.45) is 0 Å². The summed E-state index contributed by atoms with van der Waals surface area (Å²) in [6.07, 6.45) is 2.80. The third-order valence-corrected chi connectivity index (χ3v) is 2.31. The first-order chi connectivity index (χ1) is 4.84. The number of rotatable bonds is 2.